The van der Waals surface area contributed by atoms with Crippen LogP contribution in [0, 0.1) is 0 Å². The average molecular weight is 342 g/mol. The first kappa shape index (κ1) is 15.7. The number of anilines is 2. The van der Waals surface area contributed by atoms with Crippen LogP contribution in [0.2, 0.25) is 0 Å². The van der Waals surface area contributed by atoms with E-state index in [4.69, 9.17) is 0 Å². The average Bonchev–Trinajstić information content (AvgIpc) is 3.14. The highest BCUT2D eigenvalue weighted by Crippen LogP contribution is 2.33. The van der Waals surface area contributed by atoms with Gasteiger partial charge in [-0.2, -0.15) is 13.2 Å². The zero-order chi connectivity index (χ0) is 16.4. The molecule has 0 atom stereocenters. The number of nitrogens with zero attached hydrogens (tertiary/aromatic N) is 3. The second kappa shape index (κ2) is 6.15. The molecule has 1 aromatic carbocycles. The van der Waals surface area contributed by atoms with Gasteiger partial charge in [0, 0.05) is 25.2 Å². The molecule has 0 radical (unpaired) electrons. The van der Waals surface area contributed by atoms with Crippen molar-refractivity contribution in [3.05, 3.63) is 34.8 Å². The number of rotatable bonds is 4. The summed E-state index contributed by atoms with van der Waals surface area (Å²) in [6.07, 6.45) is -3.09. The molecule has 0 saturated carbocycles. The number of amides is 1. The van der Waals surface area contributed by atoms with Crippen LogP contribution in [0.15, 0.2) is 24.3 Å². The fourth-order valence-electron chi connectivity index (χ4n) is 2.34. The first-order valence-electron chi connectivity index (χ1n) is 6.97. The number of nitrogens with one attached hydrogen (secondary N) is 1. The topological polar surface area (TPSA) is 58.1 Å². The molecule has 1 saturated heterocycles. The van der Waals surface area contributed by atoms with Gasteiger partial charge in [0.2, 0.25) is 16.0 Å². The van der Waals surface area contributed by atoms with Crippen LogP contribution < -0.4 is 10.2 Å². The van der Waals surface area contributed by atoms with Crippen molar-refractivity contribution in [2.24, 2.45) is 0 Å². The van der Waals surface area contributed by atoms with Crippen molar-refractivity contribution < 1.29 is 18.0 Å². The van der Waals surface area contributed by atoms with Gasteiger partial charge in [-0.05, 0) is 24.1 Å². The maximum absolute atomic E-state index is 12.5. The summed E-state index contributed by atoms with van der Waals surface area (Å²) in [6, 6.07) is 7.35. The van der Waals surface area contributed by atoms with E-state index in [1.54, 1.807) is 4.90 Å². The van der Waals surface area contributed by atoms with Crippen LogP contribution in [0.5, 0.6) is 0 Å². The van der Waals surface area contributed by atoms with Crippen LogP contribution in [0.4, 0.5) is 24.0 Å². The molecule has 1 amide bonds. The number of halogens is 3. The van der Waals surface area contributed by atoms with Crippen molar-refractivity contribution in [3.63, 3.8) is 0 Å². The second-order valence-corrected chi connectivity index (χ2v) is 6.06. The molecular weight excluding hydrogens is 329 g/mol. The number of hydrogen-bond acceptors (Lipinski definition) is 5. The van der Waals surface area contributed by atoms with Crippen molar-refractivity contribution in [1.82, 2.24) is 10.2 Å². The van der Waals surface area contributed by atoms with E-state index in [0.717, 1.165) is 17.7 Å². The molecule has 0 unspecified atom stereocenters. The fraction of sp³-hybridized carbons (Fsp3) is 0.357. The normalized spacial score (nSPS) is 15.3. The van der Waals surface area contributed by atoms with Crippen molar-refractivity contribution >= 4 is 28.1 Å². The van der Waals surface area contributed by atoms with Crippen LogP contribution in [-0.2, 0) is 17.5 Å². The molecule has 0 spiro atoms. The van der Waals surface area contributed by atoms with Gasteiger partial charge in [-0.15, -0.1) is 10.2 Å². The van der Waals surface area contributed by atoms with E-state index in [1.165, 1.54) is 0 Å². The molecule has 3 rings (SSSR count). The van der Waals surface area contributed by atoms with Crippen molar-refractivity contribution in [1.29, 1.82) is 0 Å². The van der Waals surface area contributed by atoms with E-state index in [1.807, 2.05) is 24.3 Å². The van der Waals surface area contributed by atoms with Gasteiger partial charge in [0.1, 0.15) is 0 Å². The Hall–Kier alpha value is -2.16. The highest BCUT2D eigenvalue weighted by Gasteiger charge is 2.35. The minimum atomic E-state index is -4.48. The summed E-state index contributed by atoms with van der Waals surface area (Å²) in [7, 11) is 0. The zero-order valence-corrected chi connectivity index (χ0v) is 12.7. The predicted molar refractivity (Wildman–Crippen MR) is 80.3 cm³/mol. The third kappa shape index (κ3) is 3.61. The van der Waals surface area contributed by atoms with E-state index in [-0.39, 0.29) is 11.0 Å². The fourth-order valence-corrected chi connectivity index (χ4v) is 2.95. The van der Waals surface area contributed by atoms with Gasteiger partial charge in [-0.3, -0.25) is 4.79 Å². The van der Waals surface area contributed by atoms with Crippen LogP contribution in [0.1, 0.15) is 23.4 Å². The maximum atomic E-state index is 12.5. The Labute approximate surface area is 134 Å². The molecule has 0 aliphatic carbocycles. The zero-order valence-electron chi connectivity index (χ0n) is 11.9. The summed E-state index contributed by atoms with van der Waals surface area (Å²) < 4.78 is 37.4. The Morgan fingerprint density at radius 1 is 1.30 bits per heavy atom. The minimum absolute atomic E-state index is 0.0917. The van der Waals surface area contributed by atoms with Crippen LogP contribution in [0.25, 0.3) is 0 Å². The van der Waals surface area contributed by atoms with Crippen molar-refractivity contribution in [2.75, 3.05) is 16.8 Å². The van der Waals surface area contributed by atoms with E-state index < -0.39 is 11.2 Å². The standard InChI is InChI=1S/C14H13F3N4OS/c15-14(16,17)12-19-20-13(23-12)18-8-9-3-1-4-10(7-9)21-6-2-5-11(21)22/h1,3-4,7H,2,5-6,8H2,(H,18,20). The highest BCUT2D eigenvalue weighted by atomic mass is 32.1. The molecule has 1 fully saturated rings. The molecule has 1 aromatic heterocycles. The van der Waals surface area contributed by atoms with Crippen LogP contribution >= 0.6 is 11.3 Å². The van der Waals surface area contributed by atoms with E-state index in [9.17, 15) is 18.0 Å². The Balaban J connectivity index is 1.67. The second-order valence-electron chi connectivity index (χ2n) is 5.08. The van der Waals surface area contributed by atoms with Crippen LogP contribution in [-0.4, -0.2) is 22.6 Å². The number of hydrogen-bond donors (Lipinski definition) is 1. The van der Waals surface area contributed by atoms with E-state index >= 15 is 0 Å². The SMILES string of the molecule is O=C1CCCN1c1cccc(CNc2nnc(C(F)(F)F)s2)c1. The summed E-state index contributed by atoms with van der Waals surface area (Å²) in [5, 5.41) is 8.56. The van der Waals surface area contributed by atoms with Crippen molar-refractivity contribution in [2.45, 2.75) is 25.6 Å². The molecule has 0 bridgehead atoms. The molecule has 2 aromatic rings. The molecular formula is C14H13F3N4OS. The van der Waals surface area contributed by atoms with Crippen molar-refractivity contribution in [3.8, 4) is 0 Å². The quantitative estimate of drug-likeness (QED) is 0.926. The number of benzene rings is 1. The lowest BCUT2D eigenvalue weighted by Crippen LogP contribution is -2.23. The Bertz CT molecular complexity index is 716. The third-order valence-electron chi connectivity index (χ3n) is 3.41. The van der Waals surface area contributed by atoms with Gasteiger partial charge in [-0.25, -0.2) is 0 Å². The molecule has 1 aliphatic heterocycles. The van der Waals surface area contributed by atoms with E-state index in [2.05, 4.69) is 15.5 Å². The van der Waals surface area contributed by atoms with Gasteiger partial charge in [-0.1, -0.05) is 23.5 Å². The van der Waals surface area contributed by atoms with Gasteiger partial charge < -0.3 is 10.2 Å². The van der Waals surface area contributed by atoms with Crippen LogP contribution in [0.3, 0.4) is 0 Å². The third-order valence-corrected chi connectivity index (χ3v) is 4.33. The first-order valence-corrected chi connectivity index (χ1v) is 7.79. The summed E-state index contributed by atoms with van der Waals surface area (Å²) in [6.45, 7) is 1.00. The monoisotopic (exact) mass is 342 g/mol. The summed E-state index contributed by atoms with van der Waals surface area (Å²) in [4.78, 5) is 13.5. The lowest BCUT2D eigenvalue weighted by atomic mass is 10.2. The Morgan fingerprint density at radius 3 is 2.78 bits per heavy atom. The largest absolute Gasteiger partial charge is 0.445 e. The van der Waals surface area contributed by atoms with Gasteiger partial charge in [0.15, 0.2) is 0 Å². The lowest BCUT2D eigenvalue weighted by molar-refractivity contribution is -0.138. The van der Waals surface area contributed by atoms with Gasteiger partial charge >= 0.3 is 6.18 Å². The smallest absolute Gasteiger partial charge is 0.356 e. The maximum Gasteiger partial charge on any atom is 0.445 e. The molecule has 2 heterocycles. The Morgan fingerprint density at radius 2 is 2.13 bits per heavy atom. The lowest BCUT2D eigenvalue weighted by Gasteiger charge is -2.16. The molecule has 5 nitrogen and oxygen atoms in total. The molecule has 1 aliphatic rings. The van der Waals surface area contributed by atoms with Gasteiger partial charge in [0.25, 0.3) is 0 Å². The minimum Gasteiger partial charge on any atom is -0.356 e. The first-order chi connectivity index (χ1) is 10.9. The molecule has 122 valence electrons. The number of aromatic nitrogens is 2. The number of carbonyl (C=O) groups is 1. The summed E-state index contributed by atoms with van der Waals surface area (Å²) in [5.74, 6) is 0.0917. The number of alkyl halides is 3. The molecule has 23 heavy (non-hydrogen) atoms. The molecule has 9 heteroatoms. The highest BCUT2D eigenvalue weighted by molar-refractivity contribution is 7.15. The Kier molecular flexibility index (Phi) is 4.20. The number of carbonyl (C=O) groups excluding carboxylic acids is 1. The predicted octanol–water partition coefficient (Wildman–Crippen LogP) is 3.30. The van der Waals surface area contributed by atoms with Gasteiger partial charge in [0.05, 0.1) is 0 Å². The summed E-state index contributed by atoms with van der Waals surface area (Å²) >= 11 is 0.466. The molecule has 1 N–H and O–H groups in total. The van der Waals surface area contributed by atoms with E-state index in [0.29, 0.717) is 30.8 Å². The summed E-state index contributed by atoms with van der Waals surface area (Å²) in [5.41, 5.74) is 1.66.